The fraction of sp³-hybridized carbons (Fsp3) is 0.100. The van der Waals surface area contributed by atoms with Crippen molar-refractivity contribution in [2.24, 2.45) is 0 Å². The van der Waals surface area contributed by atoms with Crippen LogP contribution in [0.1, 0.15) is 27.3 Å². The van der Waals surface area contributed by atoms with Gasteiger partial charge in [0.1, 0.15) is 5.69 Å². The van der Waals surface area contributed by atoms with Crippen molar-refractivity contribution in [1.29, 1.82) is 5.26 Å². The molecule has 3 aromatic rings. The molecule has 0 unspecified atom stereocenters. The summed E-state index contributed by atoms with van der Waals surface area (Å²) in [6.07, 6.45) is -4.48. The van der Waals surface area contributed by atoms with Crippen molar-refractivity contribution in [3.8, 4) is 6.07 Å². The van der Waals surface area contributed by atoms with Gasteiger partial charge in [0, 0.05) is 17.1 Å². The fourth-order valence-corrected chi connectivity index (χ4v) is 2.50. The topological polar surface area (TPSA) is 90.7 Å². The quantitative estimate of drug-likeness (QED) is 0.668. The summed E-state index contributed by atoms with van der Waals surface area (Å²) in [6.45, 7) is 1.63. The average molecular weight is 397 g/mol. The number of amides is 1. The van der Waals surface area contributed by atoms with Crippen LogP contribution in [0.5, 0.6) is 0 Å². The molecule has 9 heteroatoms. The van der Waals surface area contributed by atoms with E-state index in [0.29, 0.717) is 16.9 Å². The maximum Gasteiger partial charge on any atom is 0.416 e. The Bertz CT molecular complexity index is 1110. The van der Waals surface area contributed by atoms with E-state index in [4.69, 9.17) is 5.26 Å². The summed E-state index contributed by atoms with van der Waals surface area (Å²) in [4.78, 5) is 20.7. The molecule has 3 rings (SSSR count). The normalized spacial score (nSPS) is 10.9. The van der Waals surface area contributed by atoms with Gasteiger partial charge in [-0.1, -0.05) is 12.1 Å². The number of hydrogen-bond acceptors (Lipinski definition) is 5. The number of anilines is 3. The molecule has 2 aromatic carbocycles. The van der Waals surface area contributed by atoms with Crippen molar-refractivity contribution in [3.05, 3.63) is 77.1 Å². The van der Waals surface area contributed by atoms with Gasteiger partial charge in [0.25, 0.3) is 5.91 Å². The molecule has 0 aliphatic heterocycles. The first-order chi connectivity index (χ1) is 13.7. The van der Waals surface area contributed by atoms with Crippen LogP contribution >= 0.6 is 0 Å². The SMILES string of the molecule is Cc1cc(C(=O)Nc2cccc(C#N)c2)nc(Nc2cccc(C(F)(F)F)c2)n1. The summed E-state index contributed by atoms with van der Waals surface area (Å²) < 4.78 is 38.6. The molecule has 0 aliphatic rings. The Balaban J connectivity index is 1.83. The standard InChI is InChI=1S/C20H14F3N5O/c1-12-8-17(18(29)26-15-6-2-4-13(9-15)11-24)28-19(25-12)27-16-7-3-5-14(10-16)20(21,22)23/h2-10H,1H3,(H,26,29)(H,25,27,28). The molecular formula is C20H14F3N5O. The smallest absolute Gasteiger partial charge is 0.324 e. The molecule has 0 radical (unpaired) electrons. The Morgan fingerprint density at radius 1 is 1.03 bits per heavy atom. The lowest BCUT2D eigenvalue weighted by Crippen LogP contribution is -2.15. The number of rotatable bonds is 4. The van der Waals surface area contributed by atoms with Crippen molar-refractivity contribution in [2.45, 2.75) is 13.1 Å². The molecule has 29 heavy (non-hydrogen) atoms. The van der Waals surface area contributed by atoms with E-state index in [1.54, 1.807) is 25.1 Å². The van der Waals surface area contributed by atoms with E-state index in [1.807, 2.05) is 6.07 Å². The molecule has 1 amide bonds. The maximum atomic E-state index is 12.9. The zero-order chi connectivity index (χ0) is 21.0. The Hall–Kier alpha value is -3.93. The Morgan fingerprint density at radius 2 is 1.76 bits per heavy atom. The van der Waals surface area contributed by atoms with Crippen LogP contribution in [-0.4, -0.2) is 15.9 Å². The minimum absolute atomic E-state index is 0.0137. The second kappa shape index (κ2) is 7.98. The Kier molecular flexibility index (Phi) is 5.45. The van der Waals surface area contributed by atoms with E-state index in [0.717, 1.165) is 12.1 Å². The highest BCUT2D eigenvalue weighted by Gasteiger charge is 2.30. The third-order valence-electron chi connectivity index (χ3n) is 3.78. The number of hydrogen-bond donors (Lipinski definition) is 2. The van der Waals surface area contributed by atoms with E-state index in [-0.39, 0.29) is 17.3 Å². The van der Waals surface area contributed by atoms with Crippen molar-refractivity contribution < 1.29 is 18.0 Å². The average Bonchev–Trinajstić information content (AvgIpc) is 2.67. The predicted octanol–water partition coefficient (Wildman–Crippen LogP) is 4.67. The van der Waals surface area contributed by atoms with Gasteiger partial charge < -0.3 is 10.6 Å². The lowest BCUT2D eigenvalue weighted by atomic mass is 10.2. The van der Waals surface area contributed by atoms with Crippen LogP contribution in [-0.2, 0) is 6.18 Å². The zero-order valence-electron chi connectivity index (χ0n) is 15.1. The minimum atomic E-state index is -4.48. The van der Waals surface area contributed by atoms with Gasteiger partial charge in [-0.05, 0) is 49.4 Å². The number of alkyl halides is 3. The summed E-state index contributed by atoms with van der Waals surface area (Å²) in [5.41, 5.74) is 0.593. The molecule has 0 bridgehead atoms. The number of nitrogens with one attached hydrogen (secondary N) is 2. The first kappa shape index (κ1) is 19.8. The number of nitriles is 1. The second-order valence-electron chi connectivity index (χ2n) is 6.07. The van der Waals surface area contributed by atoms with Gasteiger partial charge in [-0.25, -0.2) is 9.97 Å². The Labute approximate surface area is 164 Å². The van der Waals surface area contributed by atoms with Gasteiger partial charge >= 0.3 is 6.18 Å². The highest BCUT2D eigenvalue weighted by molar-refractivity contribution is 6.03. The number of carbonyl (C=O) groups is 1. The van der Waals surface area contributed by atoms with E-state index >= 15 is 0 Å². The molecule has 146 valence electrons. The van der Waals surface area contributed by atoms with Crippen LogP contribution < -0.4 is 10.6 Å². The summed E-state index contributed by atoms with van der Waals surface area (Å²) in [7, 11) is 0. The molecule has 0 fully saturated rings. The summed E-state index contributed by atoms with van der Waals surface area (Å²) >= 11 is 0. The van der Waals surface area contributed by atoms with Crippen LogP contribution in [0.25, 0.3) is 0 Å². The molecule has 1 heterocycles. The molecular weight excluding hydrogens is 383 g/mol. The van der Waals surface area contributed by atoms with Crippen LogP contribution in [0, 0.1) is 18.3 Å². The van der Waals surface area contributed by atoms with Crippen LogP contribution in [0.4, 0.5) is 30.5 Å². The molecule has 6 nitrogen and oxygen atoms in total. The van der Waals surface area contributed by atoms with E-state index in [1.165, 1.54) is 24.3 Å². The summed E-state index contributed by atoms with van der Waals surface area (Å²) in [6, 6.07) is 14.4. The second-order valence-corrected chi connectivity index (χ2v) is 6.07. The summed E-state index contributed by atoms with van der Waals surface area (Å²) in [5.74, 6) is -0.557. The van der Waals surface area contributed by atoms with Gasteiger partial charge in [-0.15, -0.1) is 0 Å². The zero-order valence-corrected chi connectivity index (χ0v) is 15.1. The minimum Gasteiger partial charge on any atom is -0.324 e. The first-order valence-corrected chi connectivity index (χ1v) is 8.36. The van der Waals surface area contributed by atoms with Crippen LogP contribution in [0.2, 0.25) is 0 Å². The van der Waals surface area contributed by atoms with Crippen LogP contribution in [0.15, 0.2) is 54.6 Å². The monoisotopic (exact) mass is 397 g/mol. The predicted molar refractivity (Wildman–Crippen MR) is 101 cm³/mol. The Morgan fingerprint density at radius 3 is 2.48 bits per heavy atom. The number of benzene rings is 2. The highest BCUT2D eigenvalue weighted by Crippen LogP contribution is 2.31. The fourth-order valence-electron chi connectivity index (χ4n) is 2.50. The van der Waals surface area contributed by atoms with Gasteiger partial charge in [0.05, 0.1) is 17.2 Å². The number of carbonyl (C=O) groups excluding carboxylic acids is 1. The first-order valence-electron chi connectivity index (χ1n) is 8.36. The molecule has 0 atom stereocenters. The summed E-state index contributed by atoms with van der Waals surface area (Å²) in [5, 5.41) is 14.2. The highest BCUT2D eigenvalue weighted by atomic mass is 19.4. The van der Waals surface area contributed by atoms with Crippen molar-refractivity contribution in [2.75, 3.05) is 10.6 Å². The van der Waals surface area contributed by atoms with Crippen molar-refractivity contribution >= 4 is 23.2 Å². The third kappa shape index (κ3) is 5.07. The molecule has 0 spiro atoms. The number of aryl methyl sites for hydroxylation is 1. The molecule has 0 aliphatic carbocycles. The van der Waals surface area contributed by atoms with Crippen LogP contribution in [0.3, 0.4) is 0 Å². The van der Waals surface area contributed by atoms with Crippen molar-refractivity contribution in [1.82, 2.24) is 9.97 Å². The lowest BCUT2D eigenvalue weighted by Gasteiger charge is -2.11. The number of halogens is 3. The molecule has 2 N–H and O–H groups in total. The largest absolute Gasteiger partial charge is 0.416 e. The van der Waals surface area contributed by atoms with Crippen molar-refractivity contribution in [3.63, 3.8) is 0 Å². The number of nitrogens with zero attached hydrogens (tertiary/aromatic N) is 3. The molecule has 0 saturated carbocycles. The molecule has 1 aromatic heterocycles. The van der Waals surface area contributed by atoms with Gasteiger partial charge in [0.2, 0.25) is 5.95 Å². The van der Waals surface area contributed by atoms with E-state index < -0.39 is 17.6 Å². The lowest BCUT2D eigenvalue weighted by molar-refractivity contribution is -0.137. The number of aromatic nitrogens is 2. The van der Waals surface area contributed by atoms with E-state index in [2.05, 4.69) is 20.6 Å². The maximum absolute atomic E-state index is 12.9. The van der Waals surface area contributed by atoms with Gasteiger partial charge in [-0.3, -0.25) is 4.79 Å². The third-order valence-corrected chi connectivity index (χ3v) is 3.78. The molecule has 0 saturated heterocycles. The van der Waals surface area contributed by atoms with Gasteiger partial charge in [0.15, 0.2) is 0 Å². The van der Waals surface area contributed by atoms with E-state index in [9.17, 15) is 18.0 Å². The van der Waals surface area contributed by atoms with Gasteiger partial charge in [-0.2, -0.15) is 18.4 Å².